The van der Waals surface area contributed by atoms with Crippen molar-refractivity contribution in [3.05, 3.63) is 16.7 Å². The molecule has 0 spiro atoms. The molecule has 0 radical (unpaired) electrons. The number of rotatable bonds is 1. The molecule has 0 bridgehead atoms. The van der Waals surface area contributed by atoms with E-state index in [1.807, 2.05) is 4.98 Å². The van der Waals surface area contributed by atoms with E-state index >= 15 is 0 Å². The lowest BCUT2D eigenvalue weighted by molar-refractivity contribution is 0.440. The average Bonchev–Trinajstić information content (AvgIpc) is 2.11. The Labute approximate surface area is 57.5 Å². The summed E-state index contributed by atoms with van der Waals surface area (Å²) in [5, 5.41) is 8.68. The molecule has 0 aliphatic carbocycles. The summed E-state index contributed by atoms with van der Waals surface area (Å²) in [7, 11) is 0. The van der Waals surface area contributed by atoms with Gasteiger partial charge >= 0.3 is 5.69 Å². The monoisotopic (exact) mass is 164 g/mol. The number of hydrogen-bond acceptors (Lipinski definition) is 3. The zero-order valence-electron chi connectivity index (χ0n) is 4.64. The highest BCUT2D eigenvalue weighted by Crippen LogP contribution is 2.01. The lowest BCUT2D eigenvalue weighted by Gasteiger charge is -1.91. The van der Waals surface area contributed by atoms with Crippen molar-refractivity contribution in [2.24, 2.45) is 0 Å². The van der Waals surface area contributed by atoms with E-state index in [9.17, 15) is 9.00 Å². The summed E-state index contributed by atoms with van der Waals surface area (Å²) in [6, 6.07) is 0. The van der Waals surface area contributed by atoms with Gasteiger partial charge in [0.2, 0.25) is 5.88 Å². The van der Waals surface area contributed by atoms with Gasteiger partial charge in [-0.2, -0.15) is 3.97 Å². The Morgan fingerprint density at radius 1 is 1.70 bits per heavy atom. The fraction of sp³-hybridized carbons (Fsp3) is 0. The summed E-state index contributed by atoms with van der Waals surface area (Å²) in [4.78, 5) is 12.5. The number of aromatic amines is 1. The van der Waals surface area contributed by atoms with Crippen molar-refractivity contribution in [3.63, 3.8) is 0 Å². The number of nitrogens with one attached hydrogen (secondary N) is 1. The van der Waals surface area contributed by atoms with Crippen molar-refractivity contribution in [3.8, 4) is 5.88 Å². The van der Waals surface area contributed by atoms with Gasteiger partial charge < -0.3 is 10.1 Å². The third-order valence-corrected chi connectivity index (χ3v) is 1.54. The maximum atomic E-state index is 10.5. The zero-order chi connectivity index (χ0) is 7.72. The minimum atomic E-state index is -2.50. The van der Waals surface area contributed by atoms with E-state index in [0.29, 0.717) is 3.97 Å². The molecule has 1 heterocycles. The Bertz CT molecular complexity index is 313. The van der Waals surface area contributed by atoms with Gasteiger partial charge in [-0.1, -0.05) is 0 Å². The van der Waals surface area contributed by atoms with Crippen LogP contribution in [0.25, 0.3) is 0 Å². The molecule has 1 unspecified atom stereocenters. The van der Waals surface area contributed by atoms with Crippen LogP contribution in [0.5, 0.6) is 5.88 Å². The van der Waals surface area contributed by atoms with Crippen LogP contribution in [0.4, 0.5) is 0 Å². The molecule has 10 heavy (non-hydrogen) atoms. The van der Waals surface area contributed by atoms with Crippen molar-refractivity contribution in [1.29, 1.82) is 0 Å². The topological polar surface area (TPSA) is 95.3 Å². The maximum absolute atomic E-state index is 10.5. The Balaban J connectivity index is 3.37. The standard InChI is InChI=1S/C3H4N2O4S/c6-2-1-4-3(7)5(2)10(8)9/h1,6H,(H,4,7)(H,8,9). The Kier molecular flexibility index (Phi) is 1.60. The van der Waals surface area contributed by atoms with Crippen LogP contribution in [0.3, 0.4) is 0 Å². The summed E-state index contributed by atoms with van der Waals surface area (Å²) in [5.41, 5.74) is -0.821. The minimum absolute atomic E-state index is 0.306. The van der Waals surface area contributed by atoms with E-state index < -0.39 is 22.8 Å². The first-order chi connectivity index (χ1) is 4.63. The number of aromatic hydroxyl groups is 1. The van der Waals surface area contributed by atoms with Gasteiger partial charge in [0, 0.05) is 0 Å². The molecule has 7 heteroatoms. The molecule has 0 aromatic carbocycles. The fourth-order valence-corrected chi connectivity index (χ4v) is 0.906. The summed E-state index contributed by atoms with van der Waals surface area (Å²) in [5.74, 6) is -0.564. The predicted octanol–water partition coefficient (Wildman–Crippen LogP) is -1.13. The van der Waals surface area contributed by atoms with Gasteiger partial charge in [0.15, 0.2) is 0 Å². The Morgan fingerprint density at radius 2 is 2.30 bits per heavy atom. The van der Waals surface area contributed by atoms with E-state index in [4.69, 9.17) is 9.66 Å². The molecule has 0 saturated carbocycles. The summed E-state index contributed by atoms with van der Waals surface area (Å²) in [6.07, 6.45) is 0.927. The van der Waals surface area contributed by atoms with Crippen LogP contribution in [-0.4, -0.2) is 22.8 Å². The molecule has 3 N–H and O–H groups in total. The Hall–Kier alpha value is -1.08. The number of aromatic nitrogens is 2. The smallest absolute Gasteiger partial charge is 0.342 e. The average molecular weight is 164 g/mol. The molecular weight excluding hydrogens is 160 g/mol. The second-order valence-electron chi connectivity index (χ2n) is 1.48. The highest BCUT2D eigenvalue weighted by atomic mass is 32.2. The largest absolute Gasteiger partial charge is 0.493 e. The number of H-pyrrole nitrogens is 1. The molecule has 6 nitrogen and oxygen atoms in total. The maximum Gasteiger partial charge on any atom is 0.342 e. The van der Waals surface area contributed by atoms with Crippen molar-refractivity contribution < 1.29 is 13.9 Å². The van der Waals surface area contributed by atoms with E-state index in [0.717, 1.165) is 6.20 Å². The molecular formula is C3H4N2O4S. The highest BCUT2D eigenvalue weighted by molar-refractivity contribution is 7.77. The highest BCUT2D eigenvalue weighted by Gasteiger charge is 2.07. The van der Waals surface area contributed by atoms with Crippen molar-refractivity contribution in [1.82, 2.24) is 8.96 Å². The van der Waals surface area contributed by atoms with Gasteiger partial charge in [0.05, 0.1) is 6.20 Å². The second-order valence-corrected chi connectivity index (χ2v) is 2.30. The van der Waals surface area contributed by atoms with Crippen LogP contribution in [0.1, 0.15) is 0 Å². The van der Waals surface area contributed by atoms with E-state index in [2.05, 4.69) is 0 Å². The van der Waals surface area contributed by atoms with Gasteiger partial charge in [-0.25, -0.2) is 9.00 Å². The second kappa shape index (κ2) is 2.27. The van der Waals surface area contributed by atoms with E-state index in [1.54, 1.807) is 0 Å². The molecule has 0 saturated heterocycles. The molecule has 0 aliphatic rings. The summed E-state index contributed by atoms with van der Waals surface area (Å²) in [6.45, 7) is 0. The molecule has 56 valence electrons. The number of nitrogens with zero attached hydrogens (tertiary/aromatic N) is 1. The predicted molar refractivity (Wildman–Crippen MR) is 32.9 cm³/mol. The SMILES string of the molecule is O=c1[nH]cc(O)n1S(=O)O. The van der Waals surface area contributed by atoms with E-state index in [-0.39, 0.29) is 0 Å². The Morgan fingerprint density at radius 3 is 2.50 bits per heavy atom. The molecule has 1 atom stereocenters. The zero-order valence-corrected chi connectivity index (χ0v) is 5.46. The lowest BCUT2D eigenvalue weighted by Crippen LogP contribution is -2.18. The molecule has 0 fully saturated rings. The molecule has 1 rings (SSSR count). The number of imidazole rings is 1. The first-order valence-corrected chi connectivity index (χ1v) is 3.30. The molecule has 0 amide bonds. The van der Waals surface area contributed by atoms with Gasteiger partial charge in [0.1, 0.15) is 0 Å². The van der Waals surface area contributed by atoms with Crippen molar-refractivity contribution in [2.45, 2.75) is 0 Å². The van der Waals surface area contributed by atoms with Gasteiger partial charge in [-0.05, 0) is 0 Å². The third-order valence-electron chi connectivity index (χ3n) is 0.873. The lowest BCUT2D eigenvalue weighted by atomic mass is 10.9. The van der Waals surface area contributed by atoms with Gasteiger partial charge in [-0.15, -0.1) is 0 Å². The van der Waals surface area contributed by atoms with Crippen LogP contribution >= 0.6 is 0 Å². The van der Waals surface area contributed by atoms with Crippen LogP contribution in [0.15, 0.2) is 11.0 Å². The van der Waals surface area contributed by atoms with Crippen LogP contribution in [-0.2, 0) is 11.3 Å². The number of hydrogen-bond donors (Lipinski definition) is 3. The van der Waals surface area contributed by atoms with Crippen LogP contribution < -0.4 is 5.69 Å². The summed E-state index contributed by atoms with van der Waals surface area (Å²) >= 11 is -2.50. The fourth-order valence-electron chi connectivity index (χ4n) is 0.499. The minimum Gasteiger partial charge on any atom is -0.493 e. The summed E-state index contributed by atoms with van der Waals surface area (Å²) < 4.78 is 18.8. The van der Waals surface area contributed by atoms with Crippen molar-refractivity contribution >= 4 is 11.3 Å². The van der Waals surface area contributed by atoms with Crippen LogP contribution in [0.2, 0.25) is 0 Å². The normalized spacial score (nSPS) is 13.3. The first kappa shape index (κ1) is 7.03. The molecule has 0 aliphatic heterocycles. The first-order valence-electron chi connectivity index (χ1n) is 2.23. The molecule has 1 aromatic rings. The third kappa shape index (κ3) is 0.957. The van der Waals surface area contributed by atoms with Gasteiger partial charge in [-0.3, -0.25) is 4.55 Å². The molecule has 1 aromatic heterocycles. The van der Waals surface area contributed by atoms with Crippen molar-refractivity contribution in [2.75, 3.05) is 0 Å². The van der Waals surface area contributed by atoms with Gasteiger partial charge in [0.25, 0.3) is 11.3 Å². The quantitative estimate of drug-likeness (QED) is 0.457. The van der Waals surface area contributed by atoms with E-state index in [1.165, 1.54) is 0 Å². The van der Waals surface area contributed by atoms with Crippen LogP contribution in [0, 0.1) is 0 Å².